The molecule has 0 nitrogen and oxygen atoms in total. The van der Waals surface area contributed by atoms with Crippen LogP contribution in [0.1, 0.15) is 42.0 Å². The molecule has 14 heavy (non-hydrogen) atoms. The Morgan fingerprint density at radius 2 is 1.79 bits per heavy atom. The fourth-order valence-corrected chi connectivity index (χ4v) is 1.91. The molecule has 0 amide bonds. The highest BCUT2D eigenvalue weighted by molar-refractivity contribution is 5.56. The summed E-state index contributed by atoms with van der Waals surface area (Å²) in [6.07, 6.45) is 5.71. The molecule has 0 aromatic heterocycles. The fraction of sp³-hybridized carbons (Fsp3) is 0.429. The zero-order chi connectivity index (χ0) is 10.6. The van der Waals surface area contributed by atoms with Gasteiger partial charge in [-0.3, -0.25) is 0 Å². The molecule has 0 saturated carbocycles. The number of rotatable bonds is 4. The lowest BCUT2D eigenvalue weighted by molar-refractivity contribution is 0.794. The second-order valence-electron chi connectivity index (χ2n) is 3.95. The zero-order valence-electron chi connectivity index (χ0n) is 9.56. The van der Waals surface area contributed by atoms with Gasteiger partial charge < -0.3 is 0 Å². The topological polar surface area (TPSA) is 0 Å². The highest BCUT2D eigenvalue weighted by Crippen LogP contribution is 2.18. The molecule has 0 bridgehead atoms. The van der Waals surface area contributed by atoms with E-state index in [1.165, 1.54) is 41.5 Å². The predicted molar refractivity (Wildman–Crippen MR) is 64.6 cm³/mol. The van der Waals surface area contributed by atoms with E-state index < -0.39 is 0 Å². The van der Waals surface area contributed by atoms with Crippen molar-refractivity contribution in [1.82, 2.24) is 0 Å². The maximum absolute atomic E-state index is 3.84. The summed E-state index contributed by atoms with van der Waals surface area (Å²) in [5, 5.41) is 0. The van der Waals surface area contributed by atoms with Gasteiger partial charge in [0, 0.05) is 0 Å². The van der Waals surface area contributed by atoms with E-state index >= 15 is 0 Å². The van der Waals surface area contributed by atoms with E-state index in [-0.39, 0.29) is 0 Å². The van der Waals surface area contributed by atoms with Gasteiger partial charge in [-0.25, -0.2) is 0 Å². The Hall–Kier alpha value is -1.04. The zero-order valence-corrected chi connectivity index (χ0v) is 9.56. The molecular weight excluding hydrogens is 168 g/mol. The number of hydrogen-bond donors (Lipinski definition) is 0. The average molecular weight is 188 g/mol. The first kappa shape index (κ1) is 11.0. The van der Waals surface area contributed by atoms with Crippen LogP contribution in [0.25, 0.3) is 6.08 Å². The van der Waals surface area contributed by atoms with E-state index in [0.717, 1.165) is 0 Å². The lowest BCUT2D eigenvalue weighted by Gasteiger charge is -2.09. The lowest BCUT2D eigenvalue weighted by atomic mass is 9.97. The summed E-state index contributed by atoms with van der Waals surface area (Å²) in [5.41, 5.74) is 5.47. The van der Waals surface area contributed by atoms with Crippen LogP contribution in [0.5, 0.6) is 0 Å². The molecular formula is C14H20. The van der Waals surface area contributed by atoms with Crippen molar-refractivity contribution < 1.29 is 0 Å². The molecule has 0 aliphatic carbocycles. The minimum Gasteiger partial charge on any atom is -0.0985 e. The lowest BCUT2D eigenvalue weighted by Crippen LogP contribution is -1.92. The number of benzene rings is 1. The van der Waals surface area contributed by atoms with Gasteiger partial charge >= 0.3 is 0 Å². The van der Waals surface area contributed by atoms with Crippen molar-refractivity contribution in [2.45, 2.75) is 40.0 Å². The Morgan fingerprint density at radius 3 is 2.21 bits per heavy atom. The second kappa shape index (κ2) is 4.99. The molecule has 0 aliphatic rings. The molecule has 1 rings (SSSR count). The van der Waals surface area contributed by atoms with E-state index in [1.54, 1.807) is 0 Å². The van der Waals surface area contributed by atoms with E-state index in [4.69, 9.17) is 0 Å². The van der Waals surface area contributed by atoms with Gasteiger partial charge in [0.25, 0.3) is 0 Å². The highest BCUT2D eigenvalue weighted by Gasteiger charge is 2.01. The van der Waals surface area contributed by atoms with Crippen molar-refractivity contribution >= 4 is 6.08 Å². The molecule has 0 heteroatoms. The third kappa shape index (κ3) is 2.47. The summed E-state index contributed by atoms with van der Waals surface area (Å²) < 4.78 is 0. The molecule has 0 atom stereocenters. The SMILES string of the molecule is C=Cc1c(C)cc(CCCC)cc1C. The predicted octanol–water partition coefficient (Wildman–Crippen LogP) is 4.29. The monoisotopic (exact) mass is 188 g/mol. The van der Waals surface area contributed by atoms with Crippen molar-refractivity contribution in [3.63, 3.8) is 0 Å². The van der Waals surface area contributed by atoms with Gasteiger partial charge in [0.15, 0.2) is 0 Å². The third-order valence-corrected chi connectivity index (χ3v) is 2.68. The standard InChI is InChI=1S/C14H20/c1-5-7-8-13-9-11(3)14(6-2)12(4)10-13/h6,9-10H,2,5,7-8H2,1,3-4H3. The Bertz CT molecular complexity index is 298. The summed E-state index contributed by atoms with van der Waals surface area (Å²) in [7, 11) is 0. The number of unbranched alkanes of at least 4 members (excludes halogenated alkanes) is 1. The minimum absolute atomic E-state index is 1.20. The van der Waals surface area contributed by atoms with Gasteiger partial charge in [0.2, 0.25) is 0 Å². The Morgan fingerprint density at radius 1 is 1.21 bits per heavy atom. The van der Waals surface area contributed by atoms with E-state index in [0.29, 0.717) is 0 Å². The van der Waals surface area contributed by atoms with E-state index in [1.807, 2.05) is 6.08 Å². The minimum atomic E-state index is 1.20. The van der Waals surface area contributed by atoms with E-state index in [2.05, 4.69) is 39.5 Å². The molecule has 76 valence electrons. The molecule has 0 radical (unpaired) electrons. The maximum atomic E-state index is 3.84. The molecule has 1 aromatic rings. The van der Waals surface area contributed by atoms with Crippen molar-refractivity contribution in [1.29, 1.82) is 0 Å². The molecule has 0 spiro atoms. The van der Waals surface area contributed by atoms with Gasteiger partial charge in [-0.15, -0.1) is 0 Å². The van der Waals surface area contributed by atoms with Gasteiger partial charge in [0.1, 0.15) is 0 Å². The molecule has 0 N–H and O–H groups in total. The third-order valence-electron chi connectivity index (χ3n) is 2.68. The van der Waals surface area contributed by atoms with Gasteiger partial charge in [-0.1, -0.05) is 38.1 Å². The van der Waals surface area contributed by atoms with Crippen LogP contribution in [-0.4, -0.2) is 0 Å². The number of hydrogen-bond acceptors (Lipinski definition) is 0. The van der Waals surface area contributed by atoms with Crippen LogP contribution in [-0.2, 0) is 6.42 Å². The van der Waals surface area contributed by atoms with Crippen LogP contribution in [0.4, 0.5) is 0 Å². The van der Waals surface area contributed by atoms with Crippen LogP contribution >= 0.6 is 0 Å². The largest absolute Gasteiger partial charge is 0.0985 e. The van der Waals surface area contributed by atoms with Crippen molar-refractivity contribution in [2.24, 2.45) is 0 Å². The molecule has 0 saturated heterocycles. The normalized spacial score (nSPS) is 10.2. The molecule has 0 heterocycles. The Labute approximate surface area is 87.7 Å². The molecule has 1 aromatic carbocycles. The van der Waals surface area contributed by atoms with Gasteiger partial charge in [-0.05, 0) is 48.9 Å². The quantitative estimate of drug-likeness (QED) is 0.661. The molecule has 0 fully saturated rings. The van der Waals surface area contributed by atoms with Gasteiger partial charge in [0.05, 0.1) is 0 Å². The van der Waals surface area contributed by atoms with Gasteiger partial charge in [-0.2, -0.15) is 0 Å². The maximum Gasteiger partial charge on any atom is -0.0204 e. The smallest absolute Gasteiger partial charge is 0.0204 e. The summed E-state index contributed by atoms with van der Waals surface area (Å²) in [4.78, 5) is 0. The van der Waals surface area contributed by atoms with Crippen LogP contribution < -0.4 is 0 Å². The summed E-state index contributed by atoms with van der Waals surface area (Å²) in [5.74, 6) is 0. The molecule has 0 aliphatic heterocycles. The van der Waals surface area contributed by atoms with Crippen molar-refractivity contribution in [3.8, 4) is 0 Å². The van der Waals surface area contributed by atoms with Crippen molar-refractivity contribution in [2.75, 3.05) is 0 Å². The van der Waals surface area contributed by atoms with E-state index in [9.17, 15) is 0 Å². The Balaban J connectivity index is 2.95. The first-order valence-corrected chi connectivity index (χ1v) is 5.41. The highest BCUT2D eigenvalue weighted by atomic mass is 14.1. The average Bonchev–Trinajstić information content (AvgIpc) is 2.14. The summed E-state index contributed by atoms with van der Waals surface area (Å²) >= 11 is 0. The first-order chi connectivity index (χ1) is 6.69. The summed E-state index contributed by atoms with van der Waals surface area (Å²) in [6, 6.07) is 4.58. The first-order valence-electron chi connectivity index (χ1n) is 5.41. The number of aryl methyl sites for hydroxylation is 3. The molecule has 0 unspecified atom stereocenters. The van der Waals surface area contributed by atoms with Crippen LogP contribution in [0.15, 0.2) is 18.7 Å². The van der Waals surface area contributed by atoms with Crippen LogP contribution in [0.2, 0.25) is 0 Å². The summed E-state index contributed by atoms with van der Waals surface area (Å²) in [6.45, 7) is 10.4. The Kier molecular flexibility index (Phi) is 3.94. The van der Waals surface area contributed by atoms with Crippen LogP contribution in [0.3, 0.4) is 0 Å². The fourth-order valence-electron chi connectivity index (χ4n) is 1.91. The van der Waals surface area contributed by atoms with Crippen LogP contribution in [0, 0.1) is 13.8 Å². The second-order valence-corrected chi connectivity index (χ2v) is 3.95. The van der Waals surface area contributed by atoms with Crippen molar-refractivity contribution in [3.05, 3.63) is 41.0 Å².